The summed E-state index contributed by atoms with van der Waals surface area (Å²) in [4.78, 5) is 15.4. The lowest BCUT2D eigenvalue weighted by molar-refractivity contribution is -0.114. The van der Waals surface area contributed by atoms with Gasteiger partial charge in [-0.2, -0.15) is 5.10 Å². The number of aromatic nitrogens is 1. The molecule has 8 nitrogen and oxygen atoms in total. The summed E-state index contributed by atoms with van der Waals surface area (Å²) in [6.07, 6.45) is 5.64. The summed E-state index contributed by atoms with van der Waals surface area (Å²) in [5, 5.41) is 7.12. The molecule has 0 radical (unpaired) electrons. The van der Waals surface area contributed by atoms with Crippen LogP contribution in [0.4, 0.5) is 26.0 Å². The minimum Gasteiger partial charge on any atom is -0.382 e. The molecular weight excluding hydrogens is 404 g/mol. The number of nitrogen functional groups attached to an aromatic ring is 1. The van der Waals surface area contributed by atoms with Gasteiger partial charge in [-0.15, -0.1) is 0 Å². The summed E-state index contributed by atoms with van der Waals surface area (Å²) in [6.45, 7) is 3.10. The Balaban J connectivity index is 2.52. The van der Waals surface area contributed by atoms with Crippen molar-refractivity contribution in [2.24, 2.45) is 16.8 Å². The second kappa shape index (κ2) is 10.6. The van der Waals surface area contributed by atoms with Crippen LogP contribution in [0.1, 0.15) is 13.8 Å². The number of nitrogens with two attached hydrogens (primary N) is 3. The molecule has 10 heteroatoms. The molecule has 0 unspecified atom stereocenters. The third-order valence-corrected chi connectivity index (χ3v) is 4.07. The molecule has 2 aromatic rings. The van der Waals surface area contributed by atoms with E-state index in [-0.39, 0.29) is 35.2 Å². The fourth-order valence-electron chi connectivity index (χ4n) is 2.68. The van der Waals surface area contributed by atoms with Gasteiger partial charge in [-0.05, 0) is 36.8 Å². The molecule has 1 aromatic heterocycles. The Kier molecular flexibility index (Phi) is 7.98. The number of carbonyl (C=O) groups excluding carboxylic acids is 1. The van der Waals surface area contributed by atoms with Crippen molar-refractivity contribution in [3.05, 3.63) is 72.5 Å². The molecule has 0 fully saturated rings. The van der Waals surface area contributed by atoms with Gasteiger partial charge in [-0.25, -0.2) is 19.6 Å². The molecule has 7 N–H and O–H groups in total. The Hall–Kier alpha value is -4.05. The Labute approximate surface area is 178 Å². The van der Waals surface area contributed by atoms with E-state index in [2.05, 4.69) is 15.4 Å². The highest BCUT2D eigenvalue weighted by molar-refractivity contribution is 6.12. The Morgan fingerprint density at radius 1 is 1.29 bits per heavy atom. The summed E-state index contributed by atoms with van der Waals surface area (Å²) < 4.78 is 27.0. The van der Waals surface area contributed by atoms with Crippen LogP contribution in [0.2, 0.25) is 0 Å². The van der Waals surface area contributed by atoms with Crippen LogP contribution < -0.4 is 27.7 Å². The standard InChI is InChI=1S/C21H23F2N7O/c1-3-4-8-17(18(23)11-22)21(29-25)30(26)19-10-15(12-27-20(19)24)14-6-5-7-16(9-14)28-13(2)31/h3-12H,25-26H2,1-2H3,(H2,24,27)(H,28,31)/b4-3-,17-8+,18-11-,29-21-. The number of allylic oxidation sites excluding steroid dienone is 3. The van der Waals surface area contributed by atoms with Crippen LogP contribution in [0.5, 0.6) is 0 Å². The molecule has 0 aliphatic carbocycles. The summed E-state index contributed by atoms with van der Waals surface area (Å²) in [5.74, 6) is 9.85. The fraction of sp³-hybridized carbons (Fsp3) is 0.0952. The van der Waals surface area contributed by atoms with Crippen LogP contribution in [0.15, 0.2) is 77.6 Å². The highest BCUT2D eigenvalue weighted by Gasteiger charge is 2.21. The zero-order valence-corrected chi connectivity index (χ0v) is 17.0. The predicted molar refractivity (Wildman–Crippen MR) is 120 cm³/mol. The van der Waals surface area contributed by atoms with Gasteiger partial charge in [-0.1, -0.05) is 24.3 Å². The van der Waals surface area contributed by atoms with E-state index in [0.717, 1.165) is 5.01 Å². The van der Waals surface area contributed by atoms with Gasteiger partial charge in [0.2, 0.25) is 5.91 Å². The van der Waals surface area contributed by atoms with E-state index in [1.165, 1.54) is 25.3 Å². The van der Waals surface area contributed by atoms with E-state index in [4.69, 9.17) is 17.4 Å². The second-order valence-corrected chi connectivity index (χ2v) is 6.28. The molecule has 0 saturated heterocycles. The number of hydrogen-bond donors (Lipinski definition) is 4. The maximum absolute atomic E-state index is 14.1. The highest BCUT2D eigenvalue weighted by atomic mass is 19.2. The molecule has 0 spiro atoms. The van der Waals surface area contributed by atoms with Crippen LogP contribution in [-0.2, 0) is 4.79 Å². The van der Waals surface area contributed by atoms with E-state index < -0.39 is 5.83 Å². The molecule has 0 saturated carbocycles. The largest absolute Gasteiger partial charge is 0.382 e. The highest BCUT2D eigenvalue weighted by Crippen LogP contribution is 2.30. The lowest BCUT2D eigenvalue weighted by Gasteiger charge is -2.22. The second-order valence-electron chi connectivity index (χ2n) is 6.28. The topological polar surface area (TPSA) is 136 Å². The number of nitrogens with zero attached hydrogens (tertiary/aromatic N) is 3. The quantitative estimate of drug-likeness (QED) is 0.183. The van der Waals surface area contributed by atoms with Crippen molar-refractivity contribution in [2.75, 3.05) is 16.1 Å². The van der Waals surface area contributed by atoms with E-state index in [9.17, 15) is 13.6 Å². The number of amidine groups is 1. The Bertz CT molecular complexity index is 1080. The van der Waals surface area contributed by atoms with Crippen molar-refractivity contribution in [1.29, 1.82) is 0 Å². The van der Waals surface area contributed by atoms with Gasteiger partial charge in [0.05, 0.1) is 5.57 Å². The first-order valence-corrected chi connectivity index (χ1v) is 9.08. The van der Waals surface area contributed by atoms with Crippen LogP contribution in [0.3, 0.4) is 0 Å². The van der Waals surface area contributed by atoms with Gasteiger partial charge in [0, 0.05) is 24.4 Å². The number of rotatable bonds is 6. The van der Waals surface area contributed by atoms with E-state index >= 15 is 0 Å². The van der Waals surface area contributed by atoms with Crippen LogP contribution in [0, 0.1) is 0 Å². The first-order valence-electron chi connectivity index (χ1n) is 9.08. The number of anilines is 3. The van der Waals surface area contributed by atoms with Crippen LogP contribution in [0.25, 0.3) is 11.1 Å². The van der Waals surface area contributed by atoms with Gasteiger partial charge < -0.3 is 16.9 Å². The van der Waals surface area contributed by atoms with E-state index in [1.807, 2.05) is 0 Å². The number of nitrogens with one attached hydrogen (secondary N) is 1. The Morgan fingerprint density at radius 3 is 2.65 bits per heavy atom. The minimum absolute atomic E-state index is 0.0143. The molecule has 162 valence electrons. The molecule has 1 amide bonds. The maximum atomic E-state index is 14.1. The normalized spacial score (nSPS) is 12.9. The predicted octanol–water partition coefficient (Wildman–Crippen LogP) is 3.52. The van der Waals surface area contributed by atoms with E-state index in [1.54, 1.807) is 43.3 Å². The van der Waals surface area contributed by atoms with Gasteiger partial charge in [-0.3, -0.25) is 9.80 Å². The first-order chi connectivity index (χ1) is 14.8. The van der Waals surface area contributed by atoms with Crippen molar-refractivity contribution in [3.8, 4) is 11.1 Å². The number of hydrogen-bond acceptors (Lipinski definition) is 6. The zero-order valence-electron chi connectivity index (χ0n) is 17.0. The molecule has 2 rings (SSSR count). The molecular formula is C21H23F2N7O. The van der Waals surface area contributed by atoms with Gasteiger partial charge in [0.15, 0.2) is 11.7 Å². The maximum Gasteiger partial charge on any atom is 0.221 e. The summed E-state index contributed by atoms with van der Waals surface area (Å²) >= 11 is 0. The first kappa shape index (κ1) is 23.2. The summed E-state index contributed by atoms with van der Waals surface area (Å²) in [7, 11) is 0. The molecule has 1 heterocycles. The Morgan fingerprint density at radius 2 is 2.03 bits per heavy atom. The average Bonchev–Trinajstić information content (AvgIpc) is 2.75. The number of carbonyl (C=O) groups is 1. The van der Waals surface area contributed by atoms with Gasteiger partial charge in [0.1, 0.15) is 17.8 Å². The summed E-state index contributed by atoms with van der Waals surface area (Å²) in [6, 6.07) is 8.60. The number of pyridine rings is 1. The van der Waals surface area contributed by atoms with Crippen molar-refractivity contribution < 1.29 is 13.6 Å². The molecule has 0 atom stereocenters. The fourth-order valence-corrected chi connectivity index (χ4v) is 2.68. The smallest absolute Gasteiger partial charge is 0.221 e. The molecule has 31 heavy (non-hydrogen) atoms. The molecule has 0 aliphatic rings. The minimum atomic E-state index is -1.22. The lowest BCUT2D eigenvalue weighted by Crippen LogP contribution is -2.40. The monoisotopic (exact) mass is 427 g/mol. The van der Waals surface area contributed by atoms with Gasteiger partial charge in [0.25, 0.3) is 0 Å². The number of hydrazine groups is 1. The average molecular weight is 427 g/mol. The molecule has 0 bridgehead atoms. The molecule has 0 aliphatic heterocycles. The third-order valence-electron chi connectivity index (χ3n) is 4.07. The summed E-state index contributed by atoms with van der Waals surface area (Å²) in [5.41, 5.74) is 7.73. The van der Waals surface area contributed by atoms with Crippen molar-refractivity contribution in [3.63, 3.8) is 0 Å². The number of hydrazone groups is 1. The third kappa shape index (κ3) is 5.73. The van der Waals surface area contributed by atoms with E-state index in [0.29, 0.717) is 16.8 Å². The van der Waals surface area contributed by atoms with Crippen molar-refractivity contribution >= 4 is 28.9 Å². The number of benzene rings is 1. The molecule has 1 aromatic carbocycles. The lowest BCUT2D eigenvalue weighted by atomic mass is 10.1. The SMILES string of the molecule is C\C=C/C=C(C(\F)=C\F)/C(=N/N)N(N)c1cc(-c2cccc(NC(C)=O)c2)cnc1N. The number of halogens is 2. The van der Waals surface area contributed by atoms with Crippen LogP contribution in [-0.4, -0.2) is 16.7 Å². The van der Waals surface area contributed by atoms with Crippen molar-refractivity contribution in [2.45, 2.75) is 13.8 Å². The van der Waals surface area contributed by atoms with Crippen molar-refractivity contribution in [1.82, 2.24) is 4.98 Å². The number of amides is 1. The zero-order chi connectivity index (χ0) is 23.0. The van der Waals surface area contributed by atoms with Gasteiger partial charge >= 0.3 is 0 Å². The van der Waals surface area contributed by atoms with Crippen LogP contribution >= 0.6 is 0 Å².